The number of esters is 1. The van der Waals surface area contributed by atoms with Crippen LogP contribution in [0.15, 0.2) is 41.6 Å². The van der Waals surface area contributed by atoms with Crippen LogP contribution in [0, 0.1) is 5.92 Å². The van der Waals surface area contributed by atoms with Gasteiger partial charge in [0, 0.05) is 6.54 Å². The smallest absolute Gasteiger partial charge is 0.338 e. The summed E-state index contributed by atoms with van der Waals surface area (Å²) in [7, 11) is 0. The van der Waals surface area contributed by atoms with Gasteiger partial charge < -0.3 is 15.4 Å². The summed E-state index contributed by atoms with van der Waals surface area (Å²) in [5, 5.41) is 5.17. The first-order valence-corrected chi connectivity index (χ1v) is 9.94. The van der Waals surface area contributed by atoms with Gasteiger partial charge in [0.2, 0.25) is 0 Å². The van der Waals surface area contributed by atoms with Gasteiger partial charge in [-0.2, -0.15) is 0 Å². The second kappa shape index (κ2) is 8.99. The third-order valence-electron chi connectivity index (χ3n) is 4.78. The van der Waals surface area contributed by atoms with Crippen molar-refractivity contribution in [1.29, 1.82) is 0 Å². The van der Waals surface area contributed by atoms with Crippen molar-refractivity contribution in [1.82, 2.24) is 20.4 Å². The molecule has 1 aromatic rings. The van der Waals surface area contributed by atoms with Crippen molar-refractivity contribution in [3.8, 4) is 0 Å². The molecule has 2 N–H and O–H groups in total. The van der Waals surface area contributed by atoms with Crippen molar-refractivity contribution in [2.24, 2.45) is 5.92 Å². The molecule has 0 bridgehead atoms. The molecule has 0 radical (unpaired) electrons. The molecular weight excluding hydrogens is 404 g/mol. The van der Waals surface area contributed by atoms with E-state index in [4.69, 9.17) is 4.74 Å². The number of hydrogen-bond acceptors (Lipinski definition) is 6. The molecule has 0 aliphatic carbocycles. The van der Waals surface area contributed by atoms with Crippen LogP contribution in [-0.2, 0) is 19.1 Å². The van der Waals surface area contributed by atoms with Gasteiger partial charge in [-0.1, -0.05) is 44.2 Å². The first kappa shape index (κ1) is 22.0. The first-order chi connectivity index (χ1) is 14.7. The van der Waals surface area contributed by atoms with Crippen LogP contribution in [-0.4, -0.2) is 59.3 Å². The fourth-order valence-corrected chi connectivity index (χ4v) is 3.46. The van der Waals surface area contributed by atoms with E-state index in [2.05, 4.69) is 10.6 Å². The molecule has 2 aliphatic rings. The van der Waals surface area contributed by atoms with Crippen molar-refractivity contribution in [3.05, 3.63) is 47.2 Å². The van der Waals surface area contributed by atoms with Crippen LogP contribution in [0.2, 0.25) is 0 Å². The summed E-state index contributed by atoms with van der Waals surface area (Å²) in [6.45, 7) is 5.00. The summed E-state index contributed by atoms with van der Waals surface area (Å²) in [5.74, 6) is -2.68. The highest BCUT2D eigenvalue weighted by Crippen LogP contribution is 2.29. The van der Waals surface area contributed by atoms with Gasteiger partial charge in [0.1, 0.15) is 0 Å². The summed E-state index contributed by atoms with van der Waals surface area (Å²) in [5.41, 5.74) is 0.703. The van der Waals surface area contributed by atoms with E-state index in [1.807, 2.05) is 13.8 Å². The van der Waals surface area contributed by atoms with E-state index in [1.54, 1.807) is 37.3 Å². The average Bonchev–Trinajstić information content (AvgIpc) is 2.92. The fourth-order valence-electron chi connectivity index (χ4n) is 3.46. The van der Waals surface area contributed by atoms with E-state index >= 15 is 0 Å². The zero-order valence-electron chi connectivity index (χ0n) is 17.5. The normalized spacial score (nSPS) is 19.2. The molecule has 1 saturated heterocycles. The number of hydrogen-bond donors (Lipinski definition) is 2. The number of ether oxygens (including phenoxy) is 1. The second-order valence-corrected chi connectivity index (χ2v) is 7.54. The number of urea groups is 2. The largest absolute Gasteiger partial charge is 0.463 e. The molecule has 0 spiro atoms. The number of amides is 6. The minimum Gasteiger partial charge on any atom is -0.463 e. The van der Waals surface area contributed by atoms with Crippen LogP contribution in [0.25, 0.3) is 0 Å². The predicted molar refractivity (Wildman–Crippen MR) is 108 cm³/mol. The summed E-state index contributed by atoms with van der Waals surface area (Å²) in [4.78, 5) is 64.1. The number of carbonyl (C=O) groups is 5. The molecule has 0 unspecified atom stereocenters. The number of nitrogens with zero attached hydrogens (tertiary/aromatic N) is 2. The molecule has 1 atom stereocenters. The molecule has 2 aliphatic heterocycles. The van der Waals surface area contributed by atoms with Crippen molar-refractivity contribution in [2.45, 2.75) is 26.8 Å². The highest BCUT2D eigenvalue weighted by Gasteiger charge is 2.46. The second-order valence-electron chi connectivity index (χ2n) is 7.54. The minimum absolute atomic E-state index is 0.0250. The maximum Gasteiger partial charge on any atom is 0.338 e. The monoisotopic (exact) mass is 428 g/mol. The van der Waals surface area contributed by atoms with Gasteiger partial charge in [-0.15, -0.1) is 0 Å². The van der Waals surface area contributed by atoms with Crippen LogP contribution in [0.1, 0.15) is 32.4 Å². The molecule has 10 nitrogen and oxygen atoms in total. The molecule has 0 aromatic heterocycles. The number of imide groups is 2. The minimum atomic E-state index is -1.01. The van der Waals surface area contributed by atoms with Crippen LogP contribution in [0.5, 0.6) is 0 Å². The Hall–Kier alpha value is -3.69. The Morgan fingerprint density at radius 1 is 1.06 bits per heavy atom. The number of benzene rings is 1. The molecular formula is C21H24N4O6. The number of carbonyl (C=O) groups excluding carboxylic acids is 5. The van der Waals surface area contributed by atoms with E-state index in [-0.39, 0.29) is 30.3 Å². The summed E-state index contributed by atoms with van der Waals surface area (Å²) in [6, 6.07) is 6.51. The van der Waals surface area contributed by atoms with Crippen molar-refractivity contribution in [3.63, 3.8) is 0 Å². The van der Waals surface area contributed by atoms with E-state index in [1.165, 1.54) is 0 Å². The van der Waals surface area contributed by atoms with Crippen molar-refractivity contribution < 1.29 is 28.7 Å². The standard InChI is InChI=1S/C21H24N4O6/c1-4-31-19(28)15-14(22-20(29)23-16(15)13-8-6-5-7-9-13)11-25-18(27)17(26)24(21(25)30)10-12(2)3/h5-9,12,16H,4,10-11H2,1-3H3,(H2,22,23,29)/t16-/m1/s1. The number of nitrogens with one attached hydrogen (secondary N) is 2. The van der Waals surface area contributed by atoms with E-state index in [0.29, 0.717) is 5.56 Å². The Kier molecular flexibility index (Phi) is 6.38. The summed E-state index contributed by atoms with van der Waals surface area (Å²) >= 11 is 0. The molecule has 1 aromatic carbocycles. The molecule has 0 saturated carbocycles. The predicted octanol–water partition coefficient (Wildman–Crippen LogP) is 1.30. The third-order valence-corrected chi connectivity index (χ3v) is 4.78. The van der Waals surface area contributed by atoms with Gasteiger partial charge in [-0.3, -0.25) is 14.5 Å². The summed E-state index contributed by atoms with van der Waals surface area (Å²) in [6.07, 6.45) is 0. The molecule has 31 heavy (non-hydrogen) atoms. The van der Waals surface area contributed by atoms with Crippen LogP contribution < -0.4 is 10.6 Å². The lowest BCUT2D eigenvalue weighted by molar-refractivity contribution is -0.143. The lowest BCUT2D eigenvalue weighted by Crippen LogP contribution is -2.49. The van der Waals surface area contributed by atoms with Gasteiger partial charge in [-0.05, 0) is 18.4 Å². The Balaban J connectivity index is 2.01. The highest BCUT2D eigenvalue weighted by molar-refractivity contribution is 6.44. The number of rotatable bonds is 7. The maximum atomic E-state index is 12.8. The highest BCUT2D eigenvalue weighted by atomic mass is 16.5. The maximum absolute atomic E-state index is 12.8. The van der Waals surface area contributed by atoms with Gasteiger partial charge in [0.15, 0.2) is 0 Å². The van der Waals surface area contributed by atoms with E-state index < -0.39 is 42.4 Å². The lowest BCUT2D eigenvalue weighted by Gasteiger charge is -2.30. The Bertz CT molecular complexity index is 956. The molecule has 2 heterocycles. The molecule has 3 rings (SSSR count). The Morgan fingerprint density at radius 2 is 1.71 bits per heavy atom. The molecule has 6 amide bonds. The zero-order valence-corrected chi connectivity index (χ0v) is 17.5. The third kappa shape index (κ3) is 4.42. The van der Waals surface area contributed by atoms with E-state index in [0.717, 1.165) is 9.80 Å². The molecule has 10 heteroatoms. The Labute approximate surface area is 179 Å². The first-order valence-electron chi connectivity index (χ1n) is 9.94. The van der Waals surface area contributed by atoms with Crippen LogP contribution in [0.3, 0.4) is 0 Å². The SMILES string of the molecule is CCOC(=O)C1=C(CN2C(=O)C(=O)N(CC(C)C)C2=O)NC(=O)N[C@@H]1c1ccccc1. The molecule has 1 fully saturated rings. The van der Waals surface area contributed by atoms with Crippen molar-refractivity contribution in [2.75, 3.05) is 19.7 Å². The average molecular weight is 428 g/mol. The quantitative estimate of drug-likeness (QED) is 0.383. The fraction of sp³-hybridized carbons (Fsp3) is 0.381. The van der Waals surface area contributed by atoms with Gasteiger partial charge >= 0.3 is 29.8 Å². The van der Waals surface area contributed by atoms with Gasteiger partial charge in [0.25, 0.3) is 0 Å². The summed E-state index contributed by atoms with van der Waals surface area (Å²) < 4.78 is 5.16. The van der Waals surface area contributed by atoms with Crippen molar-refractivity contribution >= 4 is 29.8 Å². The van der Waals surface area contributed by atoms with Gasteiger partial charge in [0.05, 0.1) is 30.5 Å². The van der Waals surface area contributed by atoms with Gasteiger partial charge in [-0.25, -0.2) is 19.3 Å². The lowest BCUT2D eigenvalue weighted by atomic mass is 9.95. The zero-order chi connectivity index (χ0) is 22.7. The van der Waals surface area contributed by atoms with E-state index in [9.17, 15) is 24.0 Å². The Morgan fingerprint density at radius 3 is 2.32 bits per heavy atom. The van der Waals surface area contributed by atoms with Crippen LogP contribution >= 0.6 is 0 Å². The molecule has 164 valence electrons. The topological polar surface area (TPSA) is 125 Å². The van der Waals surface area contributed by atoms with Crippen LogP contribution in [0.4, 0.5) is 9.59 Å².